The molecule has 1 aliphatic rings. The van der Waals surface area contributed by atoms with Gasteiger partial charge >= 0.3 is 0 Å². The number of fused-ring (bicyclic) bond motifs is 1. The molecule has 2 aromatic rings. The number of anilines is 1. The molecule has 0 bridgehead atoms. The molecule has 3 N–H and O–H groups in total. The number of benzene rings is 1. The first kappa shape index (κ1) is 13.4. The molecule has 0 radical (unpaired) electrons. The van der Waals surface area contributed by atoms with Crippen LogP contribution in [0.25, 0.3) is 0 Å². The number of hydrogen-bond acceptors (Lipinski definition) is 5. The Morgan fingerprint density at radius 3 is 2.85 bits per heavy atom. The van der Waals surface area contributed by atoms with E-state index >= 15 is 0 Å². The molecule has 5 heteroatoms. The number of rotatable bonds is 4. The molecule has 0 amide bonds. The van der Waals surface area contributed by atoms with Crippen LogP contribution in [0.1, 0.15) is 30.3 Å². The molecule has 0 atom stereocenters. The van der Waals surface area contributed by atoms with Crippen molar-refractivity contribution < 1.29 is 0 Å². The van der Waals surface area contributed by atoms with Crippen molar-refractivity contribution in [2.75, 3.05) is 5.43 Å². The molecule has 0 fully saturated rings. The van der Waals surface area contributed by atoms with Crippen LogP contribution in [-0.4, -0.2) is 9.97 Å². The van der Waals surface area contributed by atoms with Crippen LogP contribution in [0.15, 0.2) is 34.2 Å². The molecule has 104 valence electrons. The Balaban J connectivity index is 1.87. The van der Waals surface area contributed by atoms with Crippen LogP contribution in [0.4, 0.5) is 5.82 Å². The Morgan fingerprint density at radius 2 is 2.05 bits per heavy atom. The first-order valence-corrected chi connectivity index (χ1v) is 7.74. The van der Waals surface area contributed by atoms with Gasteiger partial charge in [0.15, 0.2) is 0 Å². The SMILES string of the molecule is CCc1nc(NN)cc(Sc2ccc3c(c2)CCC3)n1. The van der Waals surface area contributed by atoms with Gasteiger partial charge in [0, 0.05) is 17.4 Å². The number of nitrogens with zero attached hydrogens (tertiary/aromatic N) is 2. The van der Waals surface area contributed by atoms with E-state index in [1.807, 2.05) is 13.0 Å². The summed E-state index contributed by atoms with van der Waals surface area (Å²) in [4.78, 5) is 10.1. The third-order valence-electron chi connectivity index (χ3n) is 3.51. The summed E-state index contributed by atoms with van der Waals surface area (Å²) in [5.41, 5.74) is 5.58. The van der Waals surface area contributed by atoms with Crippen molar-refractivity contribution in [2.45, 2.75) is 42.5 Å². The Hall–Kier alpha value is -1.59. The minimum absolute atomic E-state index is 0.667. The average Bonchev–Trinajstić information content (AvgIpc) is 2.94. The van der Waals surface area contributed by atoms with Crippen molar-refractivity contribution in [1.82, 2.24) is 9.97 Å². The van der Waals surface area contributed by atoms with Gasteiger partial charge < -0.3 is 5.43 Å². The smallest absolute Gasteiger partial charge is 0.144 e. The Labute approximate surface area is 123 Å². The maximum absolute atomic E-state index is 5.46. The summed E-state index contributed by atoms with van der Waals surface area (Å²) >= 11 is 1.67. The van der Waals surface area contributed by atoms with Crippen molar-refractivity contribution in [3.63, 3.8) is 0 Å². The molecule has 3 rings (SSSR count). The molecule has 0 unspecified atom stereocenters. The highest BCUT2D eigenvalue weighted by Gasteiger charge is 2.12. The van der Waals surface area contributed by atoms with Gasteiger partial charge in [-0.1, -0.05) is 24.8 Å². The second kappa shape index (κ2) is 5.81. The van der Waals surface area contributed by atoms with E-state index in [1.54, 1.807) is 11.8 Å². The lowest BCUT2D eigenvalue weighted by atomic mass is 10.1. The zero-order chi connectivity index (χ0) is 13.9. The fraction of sp³-hybridized carbons (Fsp3) is 0.333. The standard InChI is InChI=1S/C15H18N4S/c1-2-13-17-14(19-16)9-15(18-13)20-12-7-6-10-4-3-5-11(10)8-12/h6-9H,2-5,16H2,1H3,(H,17,18,19). The van der Waals surface area contributed by atoms with Gasteiger partial charge in [0.05, 0.1) is 0 Å². The lowest BCUT2D eigenvalue weighted by molar-refractivity contribution is 0.888. The zero-order valence-corrected chi connectivity index (χ0v) is 12.3. The summed E-state index contributed by atoms with van der Waals surface area (Å²) in [6.45, 7) is 2.04. The molecule has 0 saturated carbocycles. The highest BCUT2D eigenvalue weighted by atomic mass is 32.2. The Morgan fingerprint density at radius 1 is 1.20 bits per heavy atom. The van der Waals surface area contributed by atoms with Gasteiger partial charge in [-0.05, 0) is 42.5 Å². The summed E-state index contributed by atoms with van der Waals surface area (Å²) in [5, 5.41) is 0.933. The van der Waals surface area contributed by atoms with Gasteiger partial charge in [-0.3, -0.25) is 0 Å². The van der Waals surface area contributed by atoms with Crippen LogP contribution in [0.5, 0.6) is 0 Å². The summed E-state index contributed by atoms with van der Waals surface area (Å²) in [6.07, 6.45) is 4.49. The molecule has 1 aromatic carbocycles. The summed E-state index contributed by atoms with van der Waals surface area (Å²) < 4.78 is 0. The normalized spacial score (nSPS) is 13.3. The van der Waals surface area contributed by atoms with Gasteiger partial charge in [0.25, 0.3) is 0 Å². The first-order valence-electron chi connectivity index (χ1n) is 6.92. The maximum Gasteiger partial charge on any atom is 0.144 e. The van der Waals surface area contributed by atoms with Crippen LogP contribution < -0.4 is 11.3 Å². The highest BCUT2D eigenvalue weighted by Crippen LogP contribution is 2.31. The number of hydrazine groups is 1. The minimum atomic E-state index is 0.667. The van der Waals surface area contributed by atoms with Gasteiger partial charge in [-0.15, -0.1) is 0 Å². The predicted octanol–water partition coefficient (Wildman–Crippen LogP) is 2.96. The van der Waals surface area contributed by atoms with Crippen molar-refractivity contribution in [1.29, 1.82) is 0 Å². The molecular weight excluding hydrogens is 268 g/mol. The van der Waals surface area contributed by atoms with Gasteiger partial charge in [-0.2, -0.15) is 0 Å². The van der Waals surface area contributed by atoms with Crippen LogP contribution >= 0.6 is 11.8 Å². The summed E-state index contributed by atoms with van der Waals surface area (Å²) in [6, 6.07) is 8.60. The fourth-order valence-corrected chi connectivity index (χ4v) is 3.39. The van der Waals surface area contributed by atoms with Gasteiger partial charge in [0.2, 0.25) is 0 Å². The van der Waals surface area contributed by atoms with Crippen molar-refractivity contribution in [2.24, 2.45) is 5.84 Å². The molecule has 0 saturated heterocycles. The summed E-state index contributed by atoms with van der Waals surface area (Å²) in [7, 11) is 0. The fourth-order valence-electron chi connectivity index (χ4n) is 2.49. The number of aromatic nitrogens is 2. The Kier molecular flexibility index (Phi) is 3.89. The van der Waals surface area contributed by atoms with Crippen molar-refractivity contribution in [3.05, 3.63) is 41.2 Å². The lowest BCUT2D eigenvalue weighted by Crippen LogP contribution is -2.10. The molecule has 1 heterocycles. The Bertz CT molecular complexity index is 605. The predicted molar refractivity (Wildman–Crippen MR) is 81.8 cm³/mol. The molecule has 4 nitrogen and oxygen atoms in total. The second-order valence-corrected chi connectivity index (χ2v) is 5.99. The number of nitrogens with two attached hydrogens (primary N) is 1. The van der Waals surface area contributed by atoms with E-state index in [-0.39, 0.29) is 0 Å². The van der Waals surface area contributed by atoms with Crippen molar-refractivity contribution >= 4 is 17.6 Å². The van der Waals surface area contributed by atoms with Gasteiger partial charge in [-0.25, -0.2) is 15.8 Å². The van der Waals surface area contributed by atoms with E-state index in [0.29, 0.717) is 5.82 Å². The van der Waals surface area contributed by atoms with E-state index in [0.717, 1.165) is 17.3 Å². The van der Waals surface area contributed by atoms with E-state index in [4.69, 9.17) is 5.84 Å². The maximum atomic E-state index is 5.46. The number of aryl methyl sites for hydroxylation is 3. The molecule has 0 spiro atoms. The van der Waals surface area contributed by atoms with E-state index in [1.165, 1.54) is 35.3 Å². The molecular formula is C15H18N4S. The number of hydrogen-bond donors (Lipinski definition) is 2. The quantitative estimate of drug-likeness (QED) is 0.514. The van der Waals surface area contributed by atoms with E-state index in [2.05, 4.69) is 33.6 Å². The number of nitrogen functional groups attached to an aromatic ring is 1. The lowest BCUT2D eigenvalue weighted by Gasteiger charge is -2.07. The first-order chi connectivity index (χ1) is 9.78. The van der Waals surface area contributed by atoms with Crippen LogP contribution in [0.3, 0.4) is 0 Å². The van der Waals surface area contributed by atoms with Crippen LogP contribution in [-0.2, 0) is 19.3 Å². The van der Waals surface area contributed by atoms with E-state index in [9.17, 15) is 0 Å². The summed E-state index contributed by atoms with van der Waals surface area (Å²) in [5.74, 6) is 6.94. The largest absolute Gasteiger partial charge is 0.308 e. The van der Waals surface area contributed by atoms with Crippen LogP contribution in [0, 0.1) is 0 Å². The molecule has 20 heavy (non-hydrogen) atoms. The van der Waals surface area contributed by atoms with Crippen molar-refractivity contribution in [3.8, 4) is 0 Å². The van der Waals surface area contributed by atoms with Crippen LogP contribution in [0.2, 0.25) is 0 Å². The zero-order valence-electron chi connectivity index (χ0n) is 11.5. The number of nitrogens with one attached hydrogen (secondary N) is 1. The average molecular weight is 286 g/mol. The molecule has 0 aliphatic heterocycles. The monoisotopic (exact) mass is 286 g/mol. The second-order valence-electron chi connectivity index (χ2n) is 4.89. The minimum Gasteiger partial charge on any atom is -0.308 e. The van der Waals surface area contributed by atoms with E-state index < -0.39 is 0 Å². The highest BCUT2D eigenvalue weighted by molar-refractivity contribution is 7.99. The van der Waals surface area contributed by atoms with Gasteiger partial charge in [0.1, 0.15) is 16.7 Å². The molecule has 1 aliphatic carbocycles. The molecule has 1 aromatic heterocycles. The third-order valence-corrected chi connectivity index (χ3v) is 4.41. The third kappa shape index (κ3) is 2.78. The topological polar surface area (TPSA) is 63.8 Å².